The average Bonchev–Trinajstić information content (AvgIpc) is 2.60. The van der Waals surface area contributed by atoms with Crippen LogP contribution in [0.4, 0.5) is 0 Å². The Balaban J connectivity index is 2.38. The zero-order chi connectivity index (χ0) is 10.1. The van der Waals surface area contributed by atoms with Gasteiger partial charge in [-0.3, -0.25) is 4.79 Å². The van der Waals surface area contributed by atoms with Crippen LogP contribution in [0.15, 0.2) is 30.3 Å². The molecule has 0 aromatic heterocycles. The number of rotatable bonds is 2. The van der Waals surface area contributed by atoms with Gasteiger partial charge in [0.05, 0.1) is 5.38 Å². The number of alkyl halides is 1. The predicted molar refractivity (Wildman–Crippen MR) is 58.4 cm³/mol. The number of carbonyl (C=O) groups is 1. The normalized spacial score (nSPS) is 16.0. The smallest absolute Gasteiger partial charge is 0.180 e. The molecule has 0 unspecified atom stereocenters. The van der Waals surface area contributed by atoms with Crippen molar-refractivity contribution in [2.24, 2.45) is 0 Å². The topological polar surface area (TPSA) is 17.1 Å². The van der Waals surface area contributed by atoms with Gasteiger partial charge in [-0.25, -0.2) is 0 Å². The molecular weight excluding hydrogens is 196 g/mol. The molecule has 1 aliphatic carbocycles. The van der Waals surface area contributed by atoms with Crippen LogP contribution in [0.2, 0.25) is 0 Å². The number of halogens is 1. The minimum absolute atomic E-state index is 0.0246. The van der Waals surface area contributed by atoms with E-state index in [1.54, 1.807) is 6.92 Å². The molecular formula is C12H11ClO. The van der Waals surface area contributed by atoms with Gasteiger partial charge in [0.2, 0.25) is 0 Å². The third kappa shape index (κ3) is 1.48. The molecule has 1 nitrogen and oxygen atoms in total. The van der Waals surface area contributed by atoms with Crippen molar-refractivity contribution in [3.8, 4) is 0 Å². The van der Waals surface area contributed by atoms with Crippen LogP contribution in [-0.2, 0) is 11.2 Å². The van der Waals surface area contributed by atoms with Gasteiger partial charge in [-0.15, -0.1) is 11.6 Å². The molecule has 0 fully saturated rings. The minimum Gasteiger partial charge on any atom is -0.293 e. The summed E-state index contributed by atoms with van der Waals surface area (Å²) in [5, 5.41) is -0.438. The Bertz CT molecular complexity index is 405. The van der Waals surface area contributed by atoms with Crippen LogP contribution < -0.4 is 0 Å². The molecule has 1 aromatic carbocycles. The van der Waals surface area contributed by atoms with Gasteiger partial charge in [0.15, 0.2) is 5.78 Å². The summed E-state index contributed by atoms with van der Waals surface area (Å²) in [4.78, 5) is 11.7. The first-order chi connectivity index (χ1) is 6.70. The van der Waals surface area contributed by atoms with Crippen molar-refractivity contribution >= 4 is 23.0 Å². The van der Waals surface area contributed by atoms with Crippen LogP contribution in [0.1, 0.15) is 18.1 Å². The summed E-state index contributed by atoms with van der Waals surface area (Å²) < 4.78 is 0. The van der Waals surface area contributed by atoms with E-state index in [0.717, 1.165) is 17.6 Å². The van der Waals surface area contributed by atoms with E-state index in [0.29, 0.717) is 0 Å². The van der Waals surface area contributed by atoms with Crippen molar-refractivity contribution in [1.29, 1.82) is 0 Å². The lowest BCUT2D eigenvalue weighted by Crippen LogP contribution is -2.11. The molecule has 0 spiro atoms. The van der Waals surface area contributed by atoms with Gasteiger partial charge < -0.3 is 0 Å². The van der Waals surface area contributed by atoms with Gasteiger partial charge >= 0.3 is 0 Å². The van der Waals surface area contributed by atoms with Gasteiger partial charge in [0, 0.05) is 5.57 Å². The molecule has 0 saturated carbocycles. The molecule has 72 valence electrons. The largest absolute Gasteiger partial charge is 0.293 e. The summed E-state index contributed by atoms with van der Waals surface area (Å²) in [6.07, 6.45) is 2.81. The third-order valence-electron chi connectivity index (χ3n) is 2.46. The molecule has 0 N–H and O–H groups in total. The van der Waals surface area contributed by atoms with E-state index in [1.807, 2.05) is 30.3 Å². The van der Waals surface area contributed by atoms with Crippen molar-refractivity contribution in [2.45, 2.75) is 18.7 Å². The van der Waals surface area contributed by atoms with Gasteiger partial charge in [0.25, 0.3) is 0 Å². The number of allylic oxidation sites excluding steroid dienone is 2. The maximum Gasteiger partial charge on any atom is 0.180 e. The second-order valence-corrected chi connectivity index (χ2v) is 4.11. The highest BCUT2D eigenvalue weighted by molar-refractivity contribution is 6.40. The predicted octanol–water partition coefficient (Wildman–Crippen LogP) is 2.82. The van der Waals surface area contributed by atoms with Crippen LogP contribution in [0.3, 0.4) is 0 Å². The summed E-state index contributed by atoms with van der Waals surface area (Å²) in [5.41, 5.74) is 3.04. The molecule has 0 heterocycles. The second-order valence-electron chi connectivity index (χ2n) is 3.46. The molecule has 0 aliphatic heterocycles. The molecule has 0 amide bonds. The summed E-state index contributed by atoms with van der Waals surface area (Å²) in [6.45, 7) is 1.71. The molecule has 1 aliphatic rings. The number of benzene rings is 1. The fourth-order valence-corrected chi connectivity index (χ4v) is 1.85. The van der Waals surface area contributed by atoms with E-state index in [9.17, 15) is 4.79 Å². The molecule has 2 heteroatoms. The van der Waals surface area contributed by atoms with E-state index >= 15 is 0 Å². The zero-order valence-electron chi connectivity index (χ0n) is 7.96. The van der Waals surface area contributed by atoms with Crippen LogP contribution in [-0.4, -0.2) is 11.2 Å². The van der Waals surface area contributed by atoms with Gasteiger partial charge in [-0.2, -0.15) is 0 Å². The van der Waals surface area contributed by atoms with Crippen molar-refractivity contribution in [2.75, 3.05) is 0 Å². The molecule has 1 atom stereocenters. The summed E-state index contributed by atoms with van der Waals surface area (Å²) in [7, 11) is 0. The number of ketones is 1. The highest BCUT2D eigenvalue weighted by Gasteiger charge is 2.22. The van der Waals surface area contributed by atoms with Crippen LogP contribution in [0, 0.1) is 0 Å². The SMILES string of the molecule is C[C@H](Cl)C(=O)C1=CCc2ccccc21. The highest BCUT2D eigenvalue weighted by Crippen LogP contribution is 2.29. The number of Topliss-reactive ketones (excluding diaryl/α,β-unsaturated/α-hetero) is 1. The van der Waals surface area contributed by atoms with Gasteiger partial charge in [-0.05, 0) is 24.5 Å². The van der Waals surface area contributed by atoms with Crippen molar-refractivity contribution in [3.05, 3.63) is 41.5 Å². The van der Waals surface area contributed by atoms with E-state index in [2.05, 4.69) is 0 Å². The minimum atomic E-state index is -0.438. The van der Waals surface area contributed by atoms with Crippen molar-refractivity contribution < 1.29 is 4.79 Å². The van der Waals surface area contributed by atoms with Crippen LogP contribution >= 0.6 is 11.6 Å². The molecule has 0 radical (unpaired) electrons. The number of carbonyl (C=O) groups excluding carboxylic acids is 1. The highest BCUT2D eigenvalue weighted by atomic mass is 35.5. The first-order valence-corrected chi connectivity index (χ1v) is 5.10. The first kappa shape index (κ1) is 9.47. The van der Waals surface area contributed by atoms with Crippen LogP contribution in [0.25, 0.3) is 5.57 Å². The standard InChI is InChI=1S/C12H11ClO/c1-8(13)12(14)11-7-6-9-4-2-3-5-10(9)11/h2-5,7-8H,6H2,1H3/t8-/m0/s1. The second kappa shape index (κ2) is 3.58. The quantitative estimate of drug-likeness (QED) is 0.681. The van der Waals surface area contributed by atoms with E-state index in [-0.39, 0.29) is 5.78 Å². The van der Waals surface area contributed by atoms with E-state index in [4.69, 9.17) is 11.6 Å². The maximum absolute atomic E-state index is 11.7. The molecule has 14 heavy (non-hydrogen) atoms. The number of hydrogen-bond acceptors (Lipinski definition) is 1. The Morgan fingerprint density at radius 1 is 1.43 bits per heavy atom. The molecule has 0 bridgehead atoms. The fourth-order valence-electron chi connectivity index (χ4n) is 1.73. The number of fused-ring (bicyclic) bond motifs is 1. The lowest BCUT2D eigenvalue weighted by atomic mass is 10.0. The zero-order valence-corrected chi connectivity index (χ0v) is 8.71. The molecule has 1 aromatic rings. The van der Waals surface area contributed by atoms with Crippen molar-refractivity contribution in [3.63, 3.8) is 0 Å². The number of hydrogen-bond donors (Lipinski definition) is 0. The maximum atomic E-state index is 11.7. The Labute approximate surface area is 88.4 Å². The Kier molecular flexibility index (Phi) is 2.42. The van der Waals surface area contributed by atoms with E-state index < -0.39 is 5.38 Å². The fraction of sp³-hybridized carbons (Fsp3) is 0.250. The Hall–Kier alpha value is -1.08. The van der Waals surface area contributed by atoms with Crippen molar-refractivity contribution in [1.82, 2.24) is 0 Å². The lowest BCUT2D eigenvalue weighted by molar-refractivity contribution is -0.113. The Morgan fingerprint density at radius 3 is 2.86 bits per heavy atom. The van der Waals surface area contributed by atoms with Crippen LogP contribution in [0.5, 0.6) is 0 Å². The summed E-state index contributed by atoms with van der Waals surface area (Å²) >= 11 is 5.78. The first-order valence-electron chi connectivity index (χ1n) is 4.67. The van der Waals surface area contributed by atoms with E-state index in [1.165, 1.54) is 5.56 Å². The van der Waals surface area contributed by atoms with Gasteiger partial charge in [-0.1, -0.05) is 30.3 Å². The Morgan fingerprint density at radius 2 is 2.14 bits per heavy atom. The average molecular weight is 207 g/mol. The molecule has 0 saturated heterocycles. The summed E-state index contributed by atoms with van der Waals surface area (Å²) in [5.74, 6) is 0.0246. The monoisotopic (exact) mass is 206 g/mol. The van der Waals surface area contributed by atoms with Gasteiger partial charge in [0.1, 0.15) is 0 Å². The third-order valence-corrected chi connectivity index (χ3v) is 2.66. The summed E-state index contributed by atoms with van der Waals surface area (Å²) in [6, 6.07) is 7.96. The molecule has 2 rings (SSSR count). The lowest BCUT2D eigenvalue weighted by Gasteiger charge is -2.05.